The van der Waals surface area contributed by atoms with Crippen LogP contribution in [0, 0.1) is 0 Å². The molecule has 0 spiro atoms. The van der Waals surface area contributed by atoms with Crippen LogP contribution in [-0.2, 0) is 13.0 Å². The molecule has 2 aromatic heterocycles. The summed E-state index contributed by atoms with van der Waals surface area (Å²) in [4.78, 5) is 19.2. The van der Waals surface area contributed by atoms with E-state index in [1.165, 1.54) is 0 Å². The average Bonchev–Trinajstić information content (AvgIpc) is 3.28. The molecule has 4 N–H and O–H groups in total. The molecule has 0 saturated heterocycles. The summed E-state index contributed by atoms with van der Waals surface area (Å²) in [5, 5.41) is 14.6. The molecular weight excluding hydrogens is 330 g/mol. The van der Waals surface area contributed by atoms with Crippen LogP contribution in [0.1, 0.15) is 36.3 Å². The molecule has 136 valence electrons. The number of hydrogen-bond acceptors (Lipinski definition) is 4. The standard InChI is InChI=1S/C19H23N5O2/c1-3-14-9-10-16(21-14)19-22-18(23-24(19)11-15(25)4-2)13-7-5-12(6-8-13)17(20)26/h5-10,15,21,25H,3-4,11H2,1-2H3,(H2,20,26)/t15-/m1/s1. The second-order valence-electron chi connectivity index (χ2n) is 6.20. The van der Waals surface area contributed by atoms with Gasteiger partial charge >= 0.3 is 0 Å². The smallest absolute Gasteiger partial charge is 0.248 e. The van der Waals surface area contributed by atoms with E-state index in [0.29, 0.717) is 30.2 Å². The first-order valence-electron chi connectivity index (χ1n) is 8.73. The van der Waals surface area contributed by atoms with Crippen molar-refractivity contribution in [3.05, 3.63) is 47.7 Å². The maximum atomic E-state index is 11.2. The zero-order chi connectivity index (χ0) is 18.7. The number of aliphatic hydroxyl groups is 1. The van der Waals surface area contributed by atoms with Gasteiger partial charge in [0.2, 0.25) is 5.91 Å². The molecule has 7 heteroatoms. The number of carbonyl (C=O) groups excluding carboxylic acids is 1. The number of benzene rings is 1. The third-order valence-corrected chi connectivity index (χ3v) is 4.32. The van der Waals surface area contributed by atoms with Gasteiger partial charge in [0.25, 0.3) is 0 Å². The van der Waals surface area contributed by atoms with E-state index in [-0.39, 0.29) is 0 Å². The summed E-state index contributed by atoms with van der Waals surface area (Å²) < 4.78 is 1.72. The van der Waals surface area contributed by atoms with Gasteiger partial charge in [0.15, 0.2) is 11.6 Å². The number of aliphatic hydroxyl groups excluding tert-OH is 1. The number of H-pyrrole nitrogens is 1. The lowest BCUT2D eigenvalue weighted by Gasteiger charge is -2.09. The average molecular weight is 353 g/mol. The number of aromatic nitrogens is 4. The number of nitrogens with two attached hydrogens (primary N) is 1. The van der Waals surface area contributed by atoms with Crippen molar-refractivity contribution in [1.82, 2.24) is 19.7 Å². The van der Waals surface area contributed by atoms with Gasteiger partial charge in [-0.2, -0.15) is 5.10 Å². The van der Waals surface area contributed by atoms with Crippen LogP contribution >= 0.6 is 0 Å². The van der Waals surface area contributed by atoms with Gasteiger partial charge in [0.05, 0.1) is 18.3 Å². The largest absolute Gasteiger partial charge is 0.391 e. The third-order valence-electron chi connectivity index (χ3n) is 4.32. The minimum Gasteiger partial charge on any atom is -0.391 e. The Morgan fingerprint density at radius 1 is 1.23 bits per heavy atom. The molecule has 0 unspecified atom stereocenters. The first kappa shape index (κ1) is 17.9. The van der Waals surface area contributed by atoms with Crippen LogP contribution in [-0.4, -0.2) is 36.9 Å². The number of aromatic amines is 1. The summed E-state index contributed by atoms with van der Waals surface area (Å²) in [6.07, 6.45) is 1.03. The van der Waals surface area contributed by atoms with E-state index in [9.17, 15) is 9.90 Å². The van der Waals surface area contributed by atoms with Gasteiger partial charge in [0.1, 0.15) is 0 Å². The van der Waals surface area contributed by atoms with Crippen molar-refractivity contribution in [1.29, 1.82) is 0 Å². The lowest BCUT2D eigenvalue weighted by Crippen LogP contribution is -2.16. The third kappa shape index (κ3) is 3.67. The van der Waals surface area contributed by atoms with E-state index in [0.717, 1.165) is 23.4 Å². The van der Waals surface area contributed by atoms with Crippen molar-refractivity contribution in [2.45, 2.75) is 39.3 Å². The highest BCUT2D eigenvalue weighted by molar-refractivity contribution is 5.93. The molecule has 2 heterocycles. The number of hydrogen-bond donors (Lipinski definition) is 3. The molecule has 0 bridgehead atoms. The van der Waals surface area contributed by atoms with Crippen LogP contribution in [0.15, 0.2) is 36.4 Å². The Hall–Kier alpha value is -2.93. The van der Waals surface area contributed by atoms with Crippen molar-refractivity contribution in [2.24, 2.45) is 5.73 Å². The van der Waals surface area contributed by atoms with Crippen LogP contribution in [0.5, 0.6) is 0 Å². The van der Waals surface area contributed by atoms with Crippen LogP contribution in [0.25, 0.3) is 22.9 Å². The summed E-state index contributed by atoms with van der Waals surface area (Å²) in [6, 6.07) is 10.8. The molecule has 0 aliphatic carbocycles. The minimum atomic E-state index is -0.499. The van der Waals surface area contributed by atoms with Crippen molar-refractivity contribution in [3.63, 3.8) is 0 Å². The SMILES string of the molecule is CCc1ccc(-c2nc(-c3ccc(C(N)=O)cc3)nn2C[C@H](O)CC)[nH]1. The first-order valence-corrected chi connectivity index (χ1v) is 8.73. The van der Waals surface area contributed by atoms with Gasteiger partial charge in [-0.3, -0.25) is 4.79 Å². The van der Waals surface area contributed by atoms with Crippen molar-refractivity contribution >= 4 is 5.91 Å². The normalized spacial score (nSPS) is 12.3. The van der Waals surface area contributed by atoms with Crippen LogP contribution < -0.4 is 5.73 Å². The van der Waals surface area contributed by atoms with Gasteiger partial charge in [-0.25, -0.2) is 9.67 Å². The molecule has 7 nitrogen and oxygen atoms in total. The van der Waals surface area contributed by atoms with Gasteiger partial charge in [-0.15, -0.1) is 0 Å². The second-order valence-corrected chi connectivity index (χ2v) is 6.20. The summed E-state index contributed by atoms with van der Waals surface area (Å²) in [5.41, 5.74) is 8.47. The molecule has 3 aromatic rings. The predicted molar refractivity (Wildman–Crippen MR) is 99.4 cm³/mol. The van der Waals surface area contributed by atoms with Crippen molar-refractivity contribution in [2.75, 3.05) is 0 Å². The Labute approximate surface area is 151 Å². The van der Waals surface area contributed by atoms with E-state index in [2.05, 4.69) is 22.0 Å². The molecule has 3 rings (SSSR count). The lowest BCUT2D eigenvalue weighted by molar-refractivity contribution is 0.1000. The second kappa shape index (κ2) is 7.53. The Balaban J connectivity index is 2.01. The summed E-state index contributed by atoms with van der Waals surface area (Å²) in [6.45, 7) is 4.36. The monoisotopic (exact) mass is 353 g/mol. The highest BCUT2D eigenvalue weighted by Crippen LogP contribution is 2.23. The minimum absolute atomic E-state index is 0.360. The fourth-order valence-electron chi connectivity index (χ4n) is 2.68. The highest BCUT2D eigenvalue weighted by atomic mass is 16.3. The topological polar surface area (TPSA) is 110 Å². The Morgan fingerprint density at radius 2 is 1.96 bits per heavy atom. The highest BCUT2D eigenvalue weighted by Gasteiger charge is 2.17. The van der Waals surface area contributed by atoms with Gasteiger partial charge < -0.3 is 15.8 Å². The maximum Gasteiger partial charge on any atom is 0.248 e. The zero-order valence-electron chi connectivity index (χ0n) is 14.9. The quantitative estimate of drug-likeness (QED) is 0.605. The van der Waals surface area contributed by atoms with E-state index >= 15 is 0 Å². The molecule has 0 radical (unpaired) electrons. The number of amides is 1. The van der Waals surface area contributed by atoms with Crippen molar-refractivity contribution < 1.29 is 9.90 Å². The number of nitrogens with one attached hydrogen (secondary N) is 1. The predicted octanol–water partition coefficient (Wildman–Crippen LogP) is 2.37. The Bertz CT molecular complexity index is 895. The number of aryl methyl sites for hydroxylation is 1. The summed E-state index contributed by atoms with van der Waals surface area (Å²) >= 11 is 0. The molecule has 26 heavy (non-hydrogen) atoms. The van der Waals surface area contributed by atoms with Gasteiger partial charge in [0, 0.05) is 16.8 Å². The molecule has 0 aliphatic rings. The molecule has 1 aromatic carbocycles. The lowest BCUT2D eigenvalue weighted by atomic mass is 10.1. The molecule has 1 amide bonds. The Morgan fingerprint density at radius 3 is 2.54 bits per heavy atom. The molecule has 1 atom stereocenters. The van der Waals surface area contributed by atoms with E-state index < -0.39 is 12.0 Å². The van der Waals surface area contributed by atoms with Gasteiger partial charge in [-0.1, -0.05) is 26.0 Å². The molecule has 0 saturated carbocycles. The van der Waals surface area contributed by atoms with Crippen LogP contribution in [0.2, 0.25) is 0 Å². The fraction of sp³-hybridized carbons (Fsp3) is 0.316. The van der Waals surface area contributed by atoms with E-state index in [1.807, 2.05) is 19.1 Å². The number of primary amides is 1. The Kier molecular flexibility index (Phi) is 5.18. The number of nitrogens with zero attached hydrogens (tertiary/aromatic N) is 3. The summed E-state index contributed by atoms with van der Waals surface area (Å²) in [7, 11) is 0. The number of carbonyl (C=O) groups is 1. The first-order chi connectivity index (χ1) is 12.5. The van der Waals surface area contributed by atoms with E-state index in [1.54, 1.807) is 28.9 Å². The number of rotatable bonds is 7. The van der Waals surface area contributed by atoms with E-state index in [4.69, 9.17) is 5.73 Å². The zero-order valence-corrected chi connectivity index (χ0v) is 14.9. The van der Waals surface area contributed by atoms with Crippen molar-refractivity contribution in [3.8, 4) is 22.9 Å². The molecule has 0 fully saturated rings. The van der Waals surface area contributed by atoms with Crippen LogP contribution in [0.3, 0.4) is 0 Å². The maximum absolute atomic E-state index is 11.2. The fourth-order valence-corrected chi connectivity index (χ4v) is 2.68. The molecule has 0 aliphatic heterocycles. The van der Waals surface area contributed by atoms with Gasteiger partial charge in [-0.05, 0) is 37.1 Å². The summed E-state index contributed by atoms with van der Waals surface area (Å²) in [5.74, 6) is 0.735. The van der Waals surface area contributed by atoms with Crippen LogP contribution in [0.4, 0.5) is 0 Å². The molecular formula is C19H23N5O2.